The Morgan fingerprint density at radius 1 is 1.06 bits per heavy atom. The lowest BCUT2D eigenvalue weighted by Gasteiger charge is -2.18. The molecule has 0 aliphatic carbocycles. The minimum atomic E-state index is -4.32. The Morgan fingerprint density at radius 3 is 1.94 bits per heavy atom. The summed E-state index contributed by atoms with van der Waals surface area (Å²) in [4.78, 5) is 0. The highest BCUT2D eigenvalue weighted by molar-refractivity contribution is 6.36. The molecule has 0 aliphatic heterocycles. The molecule has 0 N–H and O–H groups in total. The lowest BCUT2D eigenvalue weighted by atomic mass is 10.1. The van der Waals surface area contributed by atoms with E-state index in [2.05, 4.69) is 0 Å². The second kappa shape index (κ2) is 6.33. The van der Waals surface area contributed by atoms with Crippen molar-refractivity contribution in [1.29, 1.82) is 0 Å². The van der Waals surface area contributed by atoms with Crippen LogP contribution in [-0.4, -0.2) is 23.7 Å². The summed E-state index contributed by atoms with van der Waals surface area (Å²) in [5.41, 5.74) is -0.0275. The van der Waals surface area contributed by atoms with Gasteiger partial charge >= 0.3 is 15.7 Å². The van der Waals surface area contributed by atoms with E-state index in [9.17, 15) is 13.2 Å². The topological polar surface area (TPSA) is 27.7 Å². The van der Waals surface area contributed by atoms with Crippen molar-refractivity contribution in [3.8, 4) is 0 Å². The van der Waals surface area contributed by atoms with Gasteiger partial charge in [0.2, 0.25) is 0 Å². The fourth-order valence-electron chi connectivity index (χ4n) is 1.40. The second-order valence-corrected chi connectivity index (χ2v) is 5.45. The summed E-state index contributed by atoms with van der Waals surface area (Å²) >= 11 is 0. The lowest BCUT2D eigenvalue weighted by Crippen LogP contribution is -2.25. The molecule has 0 saturated heterocycles. The van der Waals surface area contributed by atoms with Crippen LogP contribution in [0.1, 0.15) is 24.2 Å². The maximum Gasteiger partial charge on any atom is 0.484 e. The molecule has 0 radical (unpaired) electrons. The molecule has 7 heteroatoms. The van der Waals surface area contributed by atoms with E-state index >= 15 is 0 Å². The third-order valence-electron chi connectivity index (χ3n) is 2.41. The molecule has 0 bridgehead atoms. The SMILES string of the molecule is CO[SiH](OC)OC(C)c1ccc(C(F)(F)F)cc1. The van der Waals surface area contributed by atoms with Crippen LogP contribution < -0.4 is 0 Å². The molecule has 0 amide bonds. The first-order valence-electron chi connectivity index (χ1n) is 5.26. The molecule has 1 rings (SSSR count). The molecule has 0 heterocycles. The van der Waals surface area contributed by atoms with E-state index in [0.717, 1.165) is 12.1 Å². The molecular weight excluding hydrogens is 265 g/mol. The summed E-state index contributed by atoms with van der Waals surface area (Å²) in [5.74, 6) is 0. The van der Waals surface area contributed by atoms with Crippen LogP contribution >= 0.6 is 0 Å². The quantitative estimate of drug-likeness (QED) is 0.776. The zero-order chi connectivity index (χ0) is 13.8. The Bertz CT molecular complexity index is 363. The van der Waals surface area contributed by atoms with Crippen molar-refractivity contribution in [3.05, 3.63) is 35.4 Å². The average Bonchev–Trinajstić information content (AvgIpc) is 2.34. The van der Waals surface area contributed by atoms with Gasteiger partial charge in [-0.05, 0) is 24.6 Å². The predicted octanol–water partition coefficient (Wildman–Crippen LogP) is 2.79. The largest absolute Gasteiger partial charge is 0.484 e. The summed E-state index contributed by atoms with van der Waals surface area (Å²) in [7, 11) is 0.756. The molecular formula is C11H15F3O3Si. The van der Waals surface area contributed by atoms with E-state index in [0.29, 0.717) is 5.56 Å². The highest BCUT2D eigenvalue weighted by Gasteiger charge is 2.30. The molecule has 18 heavy (non-hydrogen) atoms. The van der Waals surface area contributed by atoms with Gasteiger partial charge in [-0.25, -0.2) is 0 Å². The van der Waals surface area contributed by atoms with Gasteiger partial charge in [0.25, 0.3) is 0 Å². The van der Waals surface area contributed by atoms with Gasteiger partial charge < -0.3 is 13.3 Å². The van der Waals surface area contributed by atoms with Gasteiger partial charge in [-0.3, -0.25) is 0 Å². The van der Waals surface area contributed by atoms with Crippen molar-refractivity contribution in [2.75, 3.05) is 14.2 Å². The van der Waals surface area contributed by atoms with E-state index < -0.39 is 21.3 Å². The van der Waals surface area contributed by atoms with Gasteiger partial charge in [0, 0.05) is 14.2 Å². The van der Waals surface area contributed by atoms with Crippen molar-refractivity contribution in [3.63, 3.8) is 0 Å². The molecule has 1 aromatic rings. The Hall–Kier alpha value is -0.893. The third-order valence-corrected chi connectivity index (χ3v) is 3.81. The smallest absolute Gasteiger partial charge is 0.379 e. The maximum absolute atomic E-state index is 12.4. The monoisotopic (exact) mass is 280 g/mol. The molecule has 1 unspecified atom stereocenters. The van der Waals surface area contributed by atoms with E-state index in [-0.39, 0.29) is 6.10 Å². The lowest BCUT2D eigenvalue weighted by molar-refractivity contribution is -0.137. The van der Waals surface area contributed by atoms with Gasteiger partial charge in [-0.2, -0.15) is 13.2 Å². The zero-order valence-electron chi connectivity index (χ0n) is 10.3. The van der Waals surface area contributed by atoms with E-state index in [1.165, 1.54) is 26.4 Å². The van der Waals surface area contributed by atoms with E-state index in [4.69, 9.17) is 13.3 Å². The summed E-state index contributed by atoms with van der Waals surface area (Å²) in [6.45, 7) is 1.74. The minimum absolute atomic E-state index is 0.371. The summed E-state index contributed by atoms with van der Waals surface area (Å²) in [6.07, 6.45) is -4.69. The average molecular weight is 280 g/mol. The maximum atomic E-state index is 12.4. The summed E-state index contributed by atoms with van der Waals surface area (Å²) < 4.78 is 52.6. The third kappa shape index (κ3) is 4.09. The van der Waals surface area contributed by atoms with Crippen LogP contribution in [0.25, 0.3) is 0 Å². The zero-order valence-corrected chi connectivity index (χ0v) is 11.5. The Morgan fingerprint density at radius 2 is 1.56 bits per heavy atom. The molecule has 102 valence electrons. The van der Waals surface area contributed by atoms with Crippen molar-refractivity contribution >= 4 is 9.53 Å². The van der Waals surface area contributed by atoms with Crippen LogP contribution in [-0.2, 0) is 19.5 Å². The highest BCUT2D eigenvalue weighted by Crippen LogP contribution is 2.30. The van der Waals surface area contributed by atoms with Crippen LogP contribution in [0.15, 0.2) is 24.3 Å². The number of hydrogen-bond donors (Lipinski definition) is 0. The number of rotatable bonds is 5. The molecule has 0 fully saturated rings. The van der Waals surface area contributed by atoms with Crippen molar-refractivity contribution in [2.45, 2.75) is 19.2 Å². The van der Waals surface area contributed by atoms with Gasteiger partial charge in [0.05, 0.1) is 11.7 Å². The van der Waals surface area contributed by atoms with Gasteiger partial charge in [-0.15, -0.1) is 0 Å². The van der Waals surface area contributed by atoms with Crippen LogP contribution in [0.2, 0.25) is 0 Å². The molecule has 0 aliphatic rings. The predicted molar refractivity (Wildman–Crippen MR) is 62.1 cm³/mol. The number of alkyl halides is 3. The van der Waals surface area contributed by atoms with Gasteiger partial charge in [0.15, 0.2) is 0 Å². The van der Waals surface area contributed by atoms with Gasteiger partial charge in [0.1, 0.15) is 0 Å². The van der Waals surface area contributed by atoms with E-state index in [1.807, 2.05) is 0 Å². The van der Waals surface area contributed by atoms with Gasteiger partial charge in [-0.1, -0.05) is 12.1 Å². The first kappa shape index (κ1) is 15.2. The first-order chi connectivity index (χ1) is 8.38. The molecule has 1 aromatic carbocycles. The Kier molecular flexibility index (Phi) is 5.33. The number of hydrogen-bond acceptors (Lipinski definition) is 3. The standard InChI is InChI=1S/C11H15F3O3Si/c1-8(17-18(15-2)16-3)9-4-6-10(7-5-9)11(12,13)14/h4-8,18H,1-3H3. The Labute approximate surface area is 105 Å². The highest BCUT2D eigenvalue weighted by atomic mass is 28.3. The molecule has 3 nitrogen and oxygen atoms in total. The molecule has 0 aromatic heterocycles. The van der Waals surface area contributed by atoms with Crippen LogP contribution in [0, 0.1) is 0 Å². The van der Waals surface area contributed by atoms with Crippen molar-refractivity contribution in [2.24, 2.45) is 0 Å². The Balaban J connectivity index is 2.73. The molecule has 1 atom stereocenters. The summed E-state index contributed by atoms with van der Waals surface area (Å²) in [6, 6.07) is 4.85. The normalized spacial score (nSPS) is 13.9. The van der Waals surface area contributed by atoms with Crippen LogP contribution in [0.5, 0.6) is 0 Å². The fraction of sp³-hybridized carbons (Fsp3) is 0.455. The van der Waals surface area contributed by atoms with Crippen molar-refractivity contribution in [1.82, 2.24) is 0 Å². The van der Waals surface area contributed by atoms with E-state index in [1.54, 1.807) is 6.92 Å². The second-order valence-electron chi connectivity index (χ2n) is 3.66. The number of halogens is 3. The number of benzene rings is 1. The first-order valence-corrected chi connectivity index (χ1v) is 6.68. The van der Waals surface area contributed by atoms with Crippen molar-refractivity contribution < 1.29 is 26.4 Å². The summed E-state index contributed by atoms with van der Waals surface area (Å²) in [5, 5.41) is 0. The molecule has 0 spiro atoms. The minimum Gasteiger partial charge on any atom is -0.379 e. The van der Waals surface area contributed by atoms with Crippen LogP contribution in [0.4, 0.5) is 13.2 Å². The fourth-order valence-corrected chi connectivity index (χ4v) is 2.30. The van der Waals surface area contributed by atoms with Crippen LogP contribution in [0.3, 0.4) is 0 Å². The molecule has 0 saturated carbocycles.